The van der Waals surface area contributed by atoms with Gasteiger partial charge in [0.15, 0.2) is 0 Å². The smallest absolute Gasteiger partial charge is 0.0449 e. The zero-order chi connectivity index (χ0) is 9.97. The van der Waals surface area contributed by atoms with Crippen molar-refractivity contribution >= 4 is 5.69 Å². The van der Waals surface area contributed by atoms with Crippen LogP contribution in [-0.2, 0) is 6.42 Å². The van der Waals surface area contributed by atoms with Gasteiger partial charge in [-0.15, -0.1) is 0 Å². The average molecular weight is 192 g/mol. The molecule has 0 bridgehead atoms. The van der Waals surface area contributed by atoms with Crippen molar-refractivity contribution in [2.24, 2.45) is 0 Å². The van der Waals surface area contributed by atoms with Gasteiger partial charge in [0.05, 0.1) is 0 Å². The SMILES string of the molecule is Nc1ccc2c(c1)C(CCO)NCC2. The molecule has 14 heavy (non-hydrogen) atoms. The van der Waals surface area contributed by atoms with E-state index in [2.05, 4.69) is 11.4 Å². The molecule has 0 saturated carbocycles. The van der Waals surface area contributed by atoms with Crippen LogP contribution in [0.15, 0.2) is 18.2 Å². The third kappa shape index (κ3) is 1.74. The second kappa shape index (κ2) is 3.98. The molecular weight excluding hydrogens is 176 g/mol. The first kappa shape index (κ1) is 9.49. The molecule has 0 amide bonds. The van der Waals surface area contributed by atoms with E-state index < -0.39 is 0 Å². The van der Waals surface area contributed by atoms with Crippen molar-refractivity contribution in [2.45, 2.75) is 18.9 Å². The lowest BCUT2D eigenvalue weighted by molar-refractivity contribution is 0.263. The van der Waals surface area contributed by atoms with Gasteiger partial charge in [-0.05, 0) is 42.6 Å². The van der Waals surface area contributed by atoms with Crippen molar-refractivity contribution < 1.29 is 5.11 Å². The van der Waals surface area contributed by atoms with Gasteiger partial charge >= 0.3 is 0 Å². The molecule has 0 aliphatic carbocycles. The first-order chi connectivity index (χ1) is 6.81. The summed E-state index contributed by atoms with van der Waals surface area (Å²) in [6.07, 6.45) is 1.81. The number of benzene rings is 1. The van der Waals surface area contributed by atoms with Gasteiger partial charge < -0.3 is 16.2 Å². The van der Waals surface area contributed by atoms with Crippen molar-refractivity contribution in [2.75, 3.05) is 18.9 Å². The Morgan fingerprint density at radius 1 is 1.50 bits per heavy atom. The highest BCUT2D eigenvalue weighted by molar-refractivity contribution is 5.46. The first-order valence-corrected chi connectivity index (χ1v) is 5.04. The molecule has 1 heterocycles. The Kier molecular flexibility index (Phi) is 2.70. The number of rotatable bonds is 2. The van der Waals surface area contributed by atoms with Crippen molar-refractivity contribution in [3.8, 4) is 0 Å². The van der Waals surface area contributed by atoms with Crippen LogP contribution in [0.25, 0.3) is 0 Å². The van der Waals surface area contributed by atoms with E-state index in [1.807, 2.05) is 12.1 Å². The summed E-state index contributed by atoms with van der Waals surface area (Å²) in [6.45, 7) is 1.20. The standard InChI is InChI=1S/C11H16N2O/c12-9-2-1-8-3-5-13-11(4-6-14)10(8)7-9/h1-2,7,11,13-14H,3-6,12H2. The number of nitrogens with two attached hydrogens (primary N) is 1. The molecule has 0 aromatic heterocycles. The monoisotopic (exact) mass is 192 g/mol. The average Bonchev–Trinajstić information content (AvgIpc) is 2.19. The Morgan fingerprint density at radius 3 is 3.14 bits per heavy atom. The lowest BCUT2D eigenvalue weighted by Gasteiger charge is -2.26. The van der Waals surface area contributed by atoms with Gasteiger partial charge in [-0.2, -0.15) is 0 Å². The molecule has 76 valence electrons. The minimum absolute atomic E-state index is 0.214. The summed E-state index contributed by atoms with van der Waals surface area (Å²) in [6, 6.07) is 6.32. The maximum Gasteiger partial charge on any atom is 0.0449 e. The van der Waals surface area contributed by atoms with Crippen LogP contribution < -0.4 is 11.1 Å². The molecule has 0 radical (unpaired) electrons. The van der Waals surface area contributed by atoms with Gasteiger partial charge in [0.2, 0.25) is 0 Å². The summed E-state index contributed by atoms with van der Waals surface area (Å²) in [5.74, 6) is 0. The molecule has 2 rings (SSSR count). The zero-order valence-electron chi connectivity index (χ0n) is 8.16. The fourth-order valence-electron chi connectivity index (χ4n) is 2.04. The fourth-order valence-corrected chi connectivity index (χ4v) is 2.04. The minimum Gasteiger partial charge on any atom is -0.399 e. The quantitative estimate of drug-likeness (QED) is 0.608. The third-order valence-corrected chi connectivity index (χ3v) is 2.75. The van der Waals surface area contributed by atoms with Crippen LogP contribution in [0.5, 0.6) is 0 Å². The summed E-state index contributed by atoms with van der Waals surface area (Å²) in [4.78, 5) is 0. The second-order valence-corrected chi connectivity index (χ2v) is 3.73. The Balaban J connectivity index is 2.32. The number of hydrogen-bond donors (Lipinski definition) is 3. The van der Waals surface area contributed by atoms with Gasteiger partial charge in [0.1, 0.15) is 0 Å². The Labute approximate surface area is 83.9 Å². The molecule has 0 spiro atoms. The Morgan fingerprint density at radius 2 is 2.36 bits per heavy atom. The topological polar surface area (TPSA) is 58.3 Å². The molecule has 3 heteroatoms. The lowest BCUT2D eigenvalue weighted by atomic mass is 9.92. The van der Waals surface area contributed by atoms with Crippen LogP contribution in [0.3, 0.4) is 0 Å². The predicted octanol–water partition coefficient (Wildman–Crippen LogP) is 0.838. The minimum atomic E-state index is 0.214. The largest absolute Gasteiger partial charge is 0.399 e. The summed E-state index contributed by atoms with van der Waals surface area (Å²) < 4.78 is 0. The second-order valence-electron chi connectivity index (χ2n) is 3.73. The number of aliphatic hydroxyl groups excluding tert-OH is 1. The number of nitrogens with one attached hydrogen (secondary N) is 1. The summed E-state index contributed by atoms with van der Waals surface area (Å²) in [5, 5.41) is 12.3. The van der Waals surface area contributed by atoms with Gasteiger partial charge in [-0.25, -0.2) is 0 Å². The van der Waals surface area contributed by atoms with E-state index in [1.165, 1.54) is 11.1 Å². The molecule has 0 fully saturated rings. The van der Waals surface area contributed by atoms with Gasteiger partial charge in [0, 0.05) is 18.3 Å². The molecule has 1 aliphatic heterocycles. The van der Waals surface area contributed by atoms with E-state index in [0.29, 0.717) is 0 Å². The summed E-state index contributed by atoms with van der Waals surface area (Å²) >= 11 is 0. The van der Waals surface area contributed by atoms with Crippen LogP contribution >= 0.6 is 0 Å². The fraction of sp³-hybridized carbons (Fsp3) is 0.455. The molecule has 0 saturated heterocycles. The highest BCUT2D eigenvalue weighted by atomic mass is 16.3. The normalized spacial score (nSPS) is 20.5. The maximum atomic E-state index is 8.94. The molecule has 1 aliphatic rings. The van der Waals surface area contributed by atoms with E-state index in [-0.39, 0.29) is 12.6 Å². The van der Waals surface area contributed by atoms with Gasteiger partial charge in [-0.3, -0.25) is 0 Å². The molecule has 4 N–H and O–H groups in total. The van der Waals surface area contributed by atoms with Crippen LogP contribution in [0.2, 0.25) is 0 Å². The van der Waals surface area contributed by atoms with Crippen molar-refractivity contribution in [3.05, 3.63) is 29.3 Å². The molecule has 3 nitrogen and oxygen atoms in total. The van der Waals surface area contributed by atoms with Crippen LogP contribution in [0, 0.1) is 0 Å². The van der Waals surface area contributed by atoms with E-state index >= 15 is 0 Å². The Bertz CT molecular complexity index is 325. The van der Waals surface area contributed by atoms with Gasteiger partial charge in [0.25, 0.3) is 0 Å². The maximum absolute atomic E-state index is 8.94. The number of hydrogen-bond acceptors (Lipinski definition) is 3. The zero-order valence-corrected chi connectivity index (χ0v) is 8.16. The van der Waals surface area contributed by atoms with E-state index in [4.69, 9.17) is 10.8 Å². The molecule has 1 aromatic carbocycles. The van der Waals surface area contributed by atoms with Crippen molar-refractivity contribution in [1.29, 1.82) is 0 Å². The number of anilines is 1. The Hall–Kier alpha value is -1.06. The molecule has 1 unspecified atom stereocenters. The first-order valence-electron chi connectivity index (χ1n) is 5.04. The van der Waals surface area contributed by atoms with E-state index in [9.17, 15) is 0 Å². The molecular formula is C11H16N2O. The molecule has 1 aromatic rings. The lowest BCUT2D eigenvalue weighted by Crippen LogP contribution is -2.30. The third-order valence-electron chi connectivity index (χ3n) is 2.75. The number of fused-ring (bicyclic) bond motifs is 1. The van der Waals surface area contributed by atoms with E-state index in [1.54, 1.807) is 0 Å². The summed E-state index contributed by atoms with van der Waals surface area (Å²) in [5.41, 5.74) is 9.16. The number of aliphatic hydroxyl groups is 1. The molecule has 1 atom stereocenters. The summed E-state index contributed by atoms with van der Waals surface area (Å²) in [7, 11) is 0. The number of nitrogen functional groups attached to an aromatic ring is 1. The van der Waals surface area contributed by atoms with Crippen LogP contribution in [-0.4, -0.2) is 18.3 Å². The predicted molar refractivity (Wildman–Crippen MR) is 57.0 cm³/mol. The van der Waals surface area contributed by atoms with Crippen molar-refractivity contribution in [1.82, 2.24) is 5.32 Å². The van der Waals surface area contributed by atoms with Crippen LogP contribution in [0.1, 0.15) is 23.6 Å². The highest BCUT2D eigenvalue weighted by Crippen LogP contribution is 2.26. The highest BCUT2D eigenvalue weighted by Gasteiger charge is 2.18. The van der Waals surface area contributed by atoms with Crippen molar-refractivity contribution in [3.63, 3.8) is 0 Å². The van der Waals surface area contributed by atoms with Gasteiger partial charge in [-0.1, -0.05) is 6.07 Å². The van der Waals surface area contributed by atoms with E-state index in [0.717, 1.165) is 25.1 Å². The van der Waals surface area contributed by atoms with Crippen LogP contribution in [0.4, 0.5) is 5.69 Å².